The van der Waals surface area contributed by atoms with Crippen molar-refractivity contribution in [3.05, 3.63) is 47.7 Å². The number of anilines is 1. The van der Waals surface area contributed by atoms with Crippen LogP contribution in [0.1, 0.15) is 42.6 Å². The van der Waals surface area contributed by atoms with Gasteiger partial charge in [0.2, 0.25) is 0 Å². The lowest BCUT2D eigenvalue weighted by Crippen LogP contribution is -2.39. The molecule has 0 aliphatic carbocycles. The van der Waals surface area contributed by atoms with Crippen LogP contribution in [0.2, 0.25) is 0 Å². The van der Waals surface area contributed by atoms with Crippen molar-refractivity contribution < 1.29 is 22.0 Å². The predicted octanol–water partition coefficient (Wildman–Crippen LogP) is 4.11. The summed E-state index contributed by atoms with van der Waals surface area (Å²) < 4.78 is 66.4. The molecule has 0 spiro atoms. The van der Waals surface area contributed by atoms with E-state index in [0.717, 1.165) is 18.7 Å². The van der Waals surface area contributed by atoms with Crippen molar-refractivity contribution in [3.63, 3.8) is 0 Å². The van der Waals surface area contributed by atoms with Crippen molar-refractivity contribution in [3.8, 4) is 0 Å². The van der Waals surface area contributed by atoms with Crippen LogP contribution >= 0.6 is 0 Å². The van der Waals surface area contributed by atoms with Crippen molar-refractivity contribution in [2.75, 3.05) is 18.0 Å². The molecule has 11 heteroatoms. The predicted molar refractivity (Wildman–Crippen MR) is 93.7 cm³/mol. The topological polar surface area (TPSA) is 59.2 Å². The van der Waals surface area contributed by atoms with Gasteiger partial charge in [-0.05, 0) is 30.5 Å². The standard InChI is InChI=1S/C18H17F5N6/c1-10-4-5-28(15-3-2-11(7-24-15)18(21,22)23)8-12(10)14-6-13(16(19)20)27-17-25-9-26-29(14)17/h2-3,6-7,9-10,12,16H,4-5,8H2,1H3/t10-,12-/m1/s1. The van der Waals surface area contributed by atoms with E-state index in [9.17, 15) is 22.0 Å². The second-order valence-electron chi connectivity index (χ2n) is 7.10. The van der Waals surface area contributed by atoms with Crippen LogP contribution in [0.4, 0.5) is 27.8 Å². The number of nitrogens with zero attached hydrogens (tertiary/aromatic N) is 6. The zero-order valence-corrected chi connectivity index (χ0v) is 15.3. The van der Waals surface area contributed by atoms with Gasteiger partial charge in [0.05, 0.1) is 11.3 Å². The Kier molecular flexibility index (Phi) is 4.83. The molecule has 0 aromatic carbocycles. The first kappa shape index (κ1) is 19.5. The van der Waals surface area contributed by atoms with Crippen molar-refractivity contribution in [1.82, 2.24) is 24.6 Å². The SMILES string of the molecule is C[C@@H]1CCN(c2ccc(C(F)(F)F)cn2)C[C@H]1c1cc(C(F)F)nc2ncnn12. The second kappa shape index (κ2) is 7.20. The lowest BCUT2D eigenvalue weighted by Gasteiger charge is -2.38. The highest BCUT2D eigenvalue weighted by Crippen LogP contribution is 2.36. The summed E-state index contributed by atoms with van der Waals surface area (Å²) in [5, 5.41) is 4.10. The Labute approximate surface area is 162 Å². The first-order valence-corrected chi connectivity index (χ1v) is 9.01. The summed E-state index contributed by atoms with van der Waals surface area (Å²) in [4.78, 5) is 13.6. The van der Waals surface area contributed by atoms with Gasteiger partial charge in [0.25, 0.3) is 12.2 Å². The van der Waals surface area contributed by atoms with Gasteiger partial charge in [-0.1, -0.05) is 6.92 Å². The average molecular weight is 412 g/mol. The molecule has 0 saturated carbocycles. The van der Waals surface area contributed by atoms with Gasteiger partial charge < -0.3 is 4.90 Å². The van der Waals surface area contributed by atoms with E-state index in [-0.39, 0.29) is 23.3 Å². The van der Waals surface area contributed by atoms with E-state index in [1.54, 1.807) is 0 Å². The molecule has 3 aromatic heterocycles. The Hall–Kier alpha value is -2.85. The van der Waals surface area contributed by atoms with Crippen molar-refractivity contribution in [2.45, 2.75) is 31.9 Å². The Morgan fingerprint density at radius 3 is 2.62 bits per heavy atom. The highest BCUT2D eigenvalue weighted by Gasteiger charge is 2.33. The fraction of sp³-hybridized carbons (Fsp3) is 0.444. The van der Waals surface area contributed by atoms with Crippen LogP contribution in [0, 0.1) is 5.92 Å². The number of hydrogen-bond donors (Lipinski definition) is 0. The lowest BCUT2D eigenvalue weighted by molar-refractivity contribution is -0.137. The number of alkyl halides is 5. The number of hydrogen-bond acceptors (Lipinski definition) is 5. The lowest BCUT2D eigenvalue weighted by atomic mass is 9.84. The second-order valence-corrected chi connectivity index (χ2v) is 7.10. The van der Waals surface area contributed by atoms with Gasteiger partial charge in [0, 0.05) is 25.2 Å². The quantitative estimate of drug-likeness (QED) is 0.606. The van der Waals surface area contributed by atoms with Crippen LogP contribution in [-0.4, -0.2) is 37.7 Å². The van der Waals surface area contributed by atoms with Gasteiger partial charge >= 0.3 is 6.18 Å². The minimum atomic E-state index is -4.45. The summed E-state index contributed by atoms with van der Waals surface area (Å²) in [6.45, 7) is 3.01. The molecule has 154 valence electrons. The van der Waals surface area contributed by atoms with Crippen molar-refractivity contribution >= 4 is 11.6 Å². The zero-order chi connectivity index (χ0) is 20.8. The normalized spacial score (nSPS) is 20.6. The van der Waals surface area contributed by atoms with Crippen LogP contribution in [0.15, 0.2) is 30.7 Å². The number of rotatable bonds is 3. The molecule has 0 amide bonds. The number of fused-ring (bicyclic) bond motifs is 1. The van der Waals surface area contributed by atoms with Crippen LogP contribution in [0.25, 0.3) is 5.78 Å². The highest BCUT2D eigenvalue weighted by atomic mass is 19.4. The number of halogens is 5. The van der Waals surface area contributed by atoms with Crippen molar-refractivity contribution in [1.29, 1.82) is 0 Å². The molecule has 0 bridgehead atoms. The van der Waals surface area contributed by atoms with Crippen LogP contribution in [0.5, 0.6) is 0 Å². The smallest absolute Gasteiger partial charge is 0.356 e. The summed E-state index contributed by atoms with van der Waals surface area (Å²) in [6.07, 6.45) is -4.42. The van der Waals surface area contributed by atoms with Crippen LogP contribution in [-0.2, 0) is 6.18 Å². The van der Waals surface area contributed by atoms with Crippen LogP contribution in [0.3, 0.4) is 0 Å². The third kappa shape index (κ3) is 3.73. The zero-order valence-electron chi connectivity index (χ0n) is 15.3. The first-order valence-electron chi connectivity index (χ1n) is 9.01. The summed E-state index contributed by atoms with van der Waals surface area (Å²) in [5.41, 5.74) is -0.646. The van der Waals surface area contributed by atoms with Gasteiger partial charge in [-0.2, -0.15) is 23.3 Å². The summed E-state index contributed by atoms with van der Waals surface area (Å²) in [5.74, 6) is 0.446. The number of pyridine rings is 1. The van der Waals surface area contributed by atoms with E-state index >= 15 is 0 Å². The molecule has 1 aliphatic rings. The maximum Gasteiger partial charge on any atom is 0.417 e. The molecular formula is C18H17F5N6. The van der Waals surface area contributed by atoms with Crippen molar-refractivity contribution in [2.24, 2.45) is 5.92 Å². The van der Waals surface area contributed by atoms with E-state index < -0.39 is 18.2 Å². The molecule has 0 unspecified atom stereocenters. The molecule has 0 N–H and O–H groups in total. The maximum absolute atomic E-state index is 13.3. The highest BCUT2D eigenvalue weighted by molar-refractivity contribution is 5.42. The minimum absolute atomic E-state index is 0.0924. The molecular weight excluding hydrogens is 395 g/mol. The van der Waals surface area contributed by atoms with Gasteiger partial charge in [0.15, 0.2) is 0 Å². The van der Waals surface area contributed by atoms with Gasteiger partial charge in [-0.15, -0.1) is 0 Å². The average Bonchev–Trinajstić information content (AvgIpc) is 3.16. The van der Waals surface area contributed by atoms with E-state index in [1.807, 2.05) is 11.8 Å². The minimum Gasteiger partial charge on any atom is -0.356 e. The molecule has 4 heterocycles. The largest absolute Gasteiger partial charge is 0.417 e. The molecule has 6 nitrogen and oxygen atoms in total. The van der Waals surface area contributed by atoms with E-state index in [4.69, 9.17) is 0 Å². The molecule has 2 atom stereocenters. The van der Waals surface area contributed by atoms with E-state index in [0.29, 0.717) is 24.6 Å². The Morgan fingerprint density at radius 2 is 1.97 bits per heavy atom. The van der Waals surface area contributed by atoms with Gasteiger partial charge in [-0.25, -0.2) is 23.3 Å². The number of aromatic nitrogens is 5. The Bertz CT molecular complexity index is 1000. The van der Waals surface area contributed by atoms with E-state index in [1.165, 1.54) is 23.0 Å². The molecule has 4 rings (SSSR count). The van der Waals surface area contributed by atoms with Gasteiger partial charge in [0.1, 0.15) is 17.8 Å². The van der Waals surface area contributed by atoms with E-state index in [2.05, 4.69) is 20.1 Å². The molecule has 29 heavy (non-hydrogen) atoms. The summed E-state index contributed by atoms with van der Waals surface area (Å²) >= 11 is 0. The maximum atomic E-state index is 13.3. The molecule has 0 radical (unpaired) electrons. The summed E-state index contributed by atoms with van der Waals surface area (Å²) in [7, 11) is 0. The molecule has 1 saturated heterocycles. The summed E-state index contributed by atoms with van der Waals surface area (Å²) in [6, 6.07) is 3.65. The fourth-order valence-corrected chi connectivity index (χ4v) is 3.63. The fourth-order valence-electron chi connectivity index (χ4n) is 3.63. The Balaban J connectivity index is 1.67. The number of piperidine rings is 1. The first-order chi connectivity index (χ1) is 13.7. The Morgan fingerprint density at radius 1 is 1.17 bits per heavy atom. The molecule has 1 aliphatic heterocycles. The third-order valence-corrected chi connectivity index (χ3v) is 5.26. The third-order valence-electron chi connectivity index (χ3n) is 5.26. The van der Waals surface area contributed by atoms with Crippen LogP contribution < -0.4 is 4.90 Å². The monoisotopic (exact) mass is 412 g/mol. The van der Waals surface area contributed by atoms with Gasteiger partial charge in [-0.3, -0.25) is 0 Å². The molecule has 3 aromatic rings. The molecule has 1 fully saturated rings.